The van der Waals surface area contributed by atoms with E-state index in [1.165, 1.54) is 18.2 Å². The van der Waals surface area contributed by atoms with Gasteiger partial charge in [-0.25, -0.2) is 8.78 Å². The lowest BCUT2D eigenvalue weighted by Gasteiger charge is -2.18. The number of nitrogens with zero attached hydrogens (tertiary/aromatic N) is 1. The Morgan fingerprint density at radius 2 is 1.68 bits per heavy atom. The summed E-state index contributed by atoms with van der Waals surface area (Å²) in [5, 5.41) is 0. The molecule has 0 spiro atoms. The smallest absolute Gasteiger partial charge is 0.146 e. The van der Waals surface area contributed by atoms with Crippen molar-refractivity contribution in [2.75, 3.05) is 12.8 Å². The molecule has 2 aromatic carbocycles. The average molecular weight is 262 g/mol. The Kier molecular flexibility index (Phi) is 4.12. The molecule has 0 aliphatic rings. The Morgan fingerprint density at radius 3 is 2.37 bits per heavy atom. The number of halogens is 2. The quantitative estimate of drug-likeness (QED) is 0.857. The number of para-hydroxylation sites is 1. The van der Waals surface area contributed by atoms with Crippen molar-refractivity contribution < 1.29 is 8.78 Å². The van der Waals surface area contributed by atoms with Crippen molar-refractivity contribution in [3.05, 3.63) is 65.2 Å². The second kappa shape index (κ2) is 5.80. The molecule has 19 heavy (non-hydrogen) atoms. The van der Waals surface area contributed by atoms with Gasteiger partial charge in [0.1, 0.15) is 11.6 Å². The predicted octanol–water partition coefficient (Wildman–Crippen LogP) is 3.18. The van der Waals surface area contributed by atoms with Crippen LogP contribution in [-0.4, -0.2) is 11.9 Å². The Balaban J connectivity index is 2.03. The van der Waals surface area contributed by atoms with E-state index < -0.39 is 5.82 Å². The highest BCUT2D eigenvalue weighted by molar-refractivity contribution is 5.47. The minimum absolute atomic E-state index is 0.188. The molecule has 0 aromatic heterocycles. The van der Waals surface area contributed by atoms with E-state index in [1.54, 1.807) is 24.3 Å². The van der Waals surface area contributed by atoms with E-state index in [0.29, 0.717) is 13.1 Å². The first-order valence-corrected chi connectivity index (χ1v) is 6.02. The zero-order chi connectivity index (χ0) is 13.8. The topological polar surface area (TPSA) is 29.3 Å². The van der Waals surface area contributed by atoms with Crippen molar-refractivity contribution in [2.24, 2.45) is 0 Å². The number of nitrogens with two attached hydrogens (primary N) is 1. The fourth-order valence-electron chi connectivity index (χ4n) is 1.97. The summed E-state index contributed by atoms with van der Waals surface area (Å²) in [6.07, 6.45) is 0. The van der Waals surface area contributed by atoms with Gasteiger partial charge in [-0.2, -0.15) is 0 Å². The standard InChI is InChI=1S/C15H16F2N2/c1-19(9-11-5-7-13(16)8-6-11)10-12-3-2-4-14(17)15(12)18/h2-8H,9-10,18H2,1H3. The monoisotopic (exact) mass is 262 g/mol. The Morgan fingerprint density at radius 1 is 1.00 bits per heavy atom. The molecule has 0 amide bonds. The Labute approximate surface area is 111 Å². The van der Waals surface area contributed by atoms with Gasteiger partial charge >= 0.3 is 0 Å². The molecule has 2 aromatic rings. The van der Waals surface area contributed by atoms with Gasteiger partial charge in [-0.15, -0.1) is 0 Å². The van der Waals surface area contributed by atoms with E-state index in [9.17, 15) is 8.78 Å². The highest BCUT2D eigenvalue weighted by Gasteiger charge is 2.07. The molecule has 2 nitrogen and oxygen atoms in total. The summed E-state index contributed by atoms with van der Waals surface area (Å²) < 4.78 is 26.1. The minimum Gasteiger partial charge on any atom is -0.396 e. The summed E-state index contributed by atoms with van der Waals surface area (Å²) in [5.41, 5.74) is 7.63. The highest BCUT2D eigenvalue weighted by atomic mass is 19.1. The molecule has 4 heteroatoms. The van der Waals surface area contributed by atoms with Crippen LogP contribution in [0, 0.1) is 11.6 Å². The van der Waals surface area contributed by atoms with Crippen LogP contribution in [-0.2, 0) is 13.1 Å². The third kappa shape index (κ3) is 3.51. The largest absolute Gasteiger partial charge is 0.396 e. The lowest BCUT2D eigenvalue weighted by atomic mass is 10.1. The number of rotatable bonds is 4. The normalized spacial score (nSPS) is 10.9. The van der Waals surface area contributed by atoms with Crippen LogP contribution in [0.15, 0.2) is 42.5 Å². The van der Waals surface area contributed by atoms with Gasteiger partial charge in [0.25, 0.3) is 0 Å². The zero-order valence-corrected chi connectivity index (χ0v) is 10.7. The van der Waals surface area contributed by atoms with Gasteiger partial charge in [0.15, 0.2) is 0 Å². The van der Waals surface area contributed by atoms with Gasteiger partial charge in [0.05, 0.1) is 5.69 Å². The molecule has 2 rings (SSSR count). The van der Waals surface area contributed by atoms with E-state index in [4.69, 9.17) is 5.73 Å². The number of hydrogen-bond donors (Lipinski definition) is 1. The molecule has 100 valence electrons. The fraction of sp³-hybridized carbons (Fsp3) is 0.200. The molecule has 0 heterocycles. The van der Waals surface area contributed by atoms with Crippen molar-refractivity contribution in [3.8, 4) is 0 Å². The van der Waals surface area contributed by atoms with Crippen LogP contribution in [0.2, 0.25) is 0 Å². The molecule has 0 aliphatic heterocycles. The Hall–Kier alpha value is -1.94. The van der Waals surface area contributed by atoms with Crippen molar-refractivity contribution in [3.63, 3.8) is 0 Å². The van der Waals surface area contributed by atoms with E-state index in [2.05, 4.69) is 0 Å². The SMILES string of the molecule is CN(Cc1ccc(F)cc1)Cc1cccc(F)c1N. The predicted molar refractivity (Wildman–Crippen MR) is 72.4 cm³/mol. The first-order chi connectivity index (χ1) is 9.06. The summed E-state index contributed by atoms with van der Waals surface area (Å²) in [4.78, 5) is 2.00. The second-order valence-corrected chi connectivity index (χ2v) is 4.61. The number of anilines is 1. The van der Waals surface area contributed by atoms with Crippen molar-refractivity contribution in [1.82, 2.24) is 4.90 Å². The van der Waals surface area contributed by atoms with Crippen LogP contribution < -0.4 is 5.73 Å². The number of nitrogen functional groups attached to an aromatic ring is 1. The maximum atomic E-state index is 13.3. The van der Waals surface area contributed by atoms with Gasteiger partial charge in [-0.05, 0) is 36.4 Å². The van der Waals surface area contributed by atoms with Crippen LogP contribution in [0.3, 0.4) is 0 Å². The molecular formula is C15H16F2N2. The molecule has 0 saturated heterocycles. The highest BCUT2D eigenvalue weighted by Crippen LogP contribution is 2.18. The third-order valence-corrected chi connectivity index (χ3v) is 2.95. The average Bonchev–Trinajstić information content (AvgIpc) is 2.38. The third-order valence-electron chi connectivity index (χ3n) is 2.95. The van der Waals surface area contributed by atoms with Crippen molar-refractivity contribution >= 4 is 5.69 Å². The molecule has 0 atom stereocenters. The van der Waals surface area contributed by atoms with Crippen LogP contribution in [0.25, 0.3) is 0 Å². The van der Waals surface area contributed by atoms with E-state index in [0.717, 1.165) is 11.1 Å². The summed E-state index contributed by atoms with van der Waals surface area (Å²) in [6, 6.07) is 11.1. The number of benzene rings is 2. The minimum atomic E-state index is -0.396. The maximum absolute atomic E-state index is 13.3. The molecule has 0 saturated carbocycles. The first kappa shape index (κ1) is 13.5. The molecule has 0 bridgehead atoms. The maximum Gasteiger partial charge on any atom is 0.146 e. The van der Waals surface area contributed by atoms with Crippen molar-refractivity contribution in [1.29, 1.82) is 0 Å². The van der Waals surface area contributed by atoms with Gasteiger partial charge < -0.3 is 5.73 Å². The lowest BCUT2D eigenvalue weighted by molar-refractivity contribution is 0.319. The van der Waals surface area contributed by atoms with E-state index >= 15 is 0 Å². The van der Waals surface area contributed by atoms with Gasteiger partial charge in [0.2, 0.25) is 0 Å². The van der Waals surface area contributed by atoms with Crippen molar-refractivity contribution in [2.45, 2.75) is 13.1 Å². The summed E-state index contributed by atoms with van der Waals surface area (Å²) in [6.45, 7) is 1.19. The molecular weight excluding hydrogens is 246 g/mol. The van der Waals surface area contributed by atoms with Gasteiger partial charge in [0, 0.05) is 13.1 Å². The molecule has 2 N–H and O–H groups in total. The summed E-state index contributed by atoms with van der Waals surface area (Å²) in [5.74, 6) is -0.645. The first-order valence-electron chi connectivity index (χ1n) is 6.02. The molecule has 0 aliphatic carbocycles. The lowest BCUT2D eigenvalue weighted by Crippen LogP contribution is -2.18. The Bertz CT molecular complexity index is 553. The van der Waals surface area contributed by atoms with E-state index in [-0.39, 0.29) is 11.5 Å². The molecule has 0 radical (unpaired) electrons. The van der Waals surface area contributed by atoms with Crippen LogP contribution in [0.1, 0.15) is 11.1 Å². The van der Waals surface area contributed by atoms with Crippen LogP contribution in [0.5, 0.6) is 0 Å². The summed E-state index contributed by atoms with van der Waals surface area (Å²) >= 11 is 0. The zero-order valence-electron chi connectivity index (χ0n) is 10.7. The van der Waals surface area contributed by atoms with E-state index in [1.807, 2.05) is 11.9 Å². The van der Waals surface area contributed by atoms with Gasteiger partial charge in [-0.3, -0.25) is 4.90 Å². The molecule has 0 unspecified atom stereocenters. The van der Waals surface area contributed by atoms with Crippen LogP contribution in [0.4, 0.5) is 14.5 Å². The number of hydrogen-bond acceptors (Lipinski definition) is 2. The second-order valence-electron chi connectivity index (χ2n) is 4.61. The van der Waals surface area contributed by atoms with Gasteiger partial charge in [-0.1, -0.05) is 24.3 Å². The molecule has 0 fully saturated rings. The fourth-order valence-corrected chi connectivity index (χ4v) is 1.97. The summed E-state index contributed by atoms with van der Waals surface area (Å²) in [7, 11) is 1.91. The van der Waals surface area contributed by atoms with Crippen LogP contribution >= 0.6 is 0 Å².